The Morgan fingerprint density at radius 2 is 2.19 bits per heavy atom. The van der Waals surface area contributed by atoms with E-state index in [-0.39, 0.29) is 5.91 Å². The van der Waals surface area contributed by atoms with E-state index in [9.17, 15) is 9.59 Å². The maximum absolute atomic E-state index is 11.3. The Bertz CT molecular complexity index is 387. The Morgan fingerprint density at radius 1 is 1.50 bits per heavy atom. The van der Waals surface area contributed by atoms with E-state index in [4.69, 9.17) is 5.11 Å². The van der Waals surface area contributed by atoms with Crippen LogP contribution in [-0.4, -0.2) is 41.7 Å². The van der Waals surface area contributed by atoms with Crippen LogP contribution in [0, 0.1) is 0 Å². The largest absolute Gasteiger partial charge is 0.477 e. The number of rotatable bonds is 5. The molecule has 1 aromatic rings. The second kappa shape index (κ2) is 5.91. The van der Waals surface area contributed by atoms with Crippen LogP contribution in [0.25, 0.3) is 0 Å². The van der Waals surface area contributed by atoms with Crippen molar-refractivity contribution in [3.63, 3.8) is 0 Å². The zero-order chi connectivity index (χ0) is 12.1. The van der Waals surface area contributed by atoms with Crippen LogP contribution in [-0.2, 0) is 4.79 Å². The zero-order valence-electron chi connectivity index (χ0n) is 9.10. The molecule has 0 bridgehead atoms. The first kappa shape index (κ1) is 13.1. The summed E-state index contributed by atoms with van der Waals surface area (Å²) >= 11 is 2.71. The lowest BCUT2D eigenvalue weighted by Gasteiger charge is -2.08. The monoisotopic (exact) mass is 259 g/mol. The number of thioether (sulfide) groups is 1. The zero-order valence-corrected chi connectivity index (χ0v) is 10.7. The highest BCUT2D eigenvalue weighted by Crippen LogP contribution is 2.25. The summed E-state index contributed by atoms with van der Waals surface area (Å²) in [4.78, 5) is 24.7. The van der Waals surface area contributed by atoms with Crippen molar-refractivity contribution in [3.05, 3.63) is 16.3 Å². The molecule has 6 heteroatoms. The Labute approximate surface area is 102 Å². The molecule has 0 atom stereocenters. The molecule has 0 unspecified atom stereocenters. The number of carbonyl (C=O) groups excluding carboxylic acids is 1. The van der Waals surface area contributed by atoms with Crippen molar-refractivity contribution in [2.45, 2.75) is 11.3 Å². The highest BCUT2D eigenvalue weighted by Gasteiger charge is 2.08. The number of aromatic carboxylic acids is 1. The molecule has 0 aliphatic heterocycles. The fraction of sp³-hybridized carbons (Fsp3) is 0.400. The predicted molar refractivity (Wildman–Crippen MR) is 65.3 cm³/mol. The molecule has 0 spiro atoms. The van der Waals surface area contributed by atoms with Crippen molar-refractivity contribution < 1.29 is 14.7 Å². The third-order valence-electron chi connectivity index (χ3n) is 1.87. The molecular weight excluding hydrogens is 246 g/mol. The van der Waals surface area contributed by atoms with Crippen molar-refractivity contribution in [2.75, 3.05) is 19.8 Å². The van der Waals surface area contributed by atoms with Crippen molar-refractivity contribution in [2.24, 2.45) is 0 Å². The predicted octanol–water partition coefficient (Wildman–Crippen LogP) is 2.02. The SMILES string of the molecule is CN(C)C(=O)CCSc1csc(C(=O)O)c1. The number of carboxylic acid groups (broad SMARTS) is 1. The van der Waals surface area contributed by atoms with Crippen LogP contribution in [0.1, 0.15) is 16.1 Å². The summed E-state index contributed by atoms with van der Waals surface area (Å²) in [6.45, 7) is 0. The number of carbonyl (C=O) groups is 2. The first-order valence-electron chi connectivity index (χ1n) is 4.65. The van der Waals surface area contributed by atoms with Gasteiger partial charge in [-0.15, -0.1) is 23.1 Å². The van der Waals surface area contributed by atoms with E-state index in [1.54, 1.807) is 30.4 Å². The number of hydrogen-bond donors (Lipinski definition) is 1. The van der Waals surface area contributed by atoms with Gasteiger partial charge in [0.25, 0.3) is 0 Å². The van der Waals surface area contributed by atoms with Gasteiger partial charge in [0, 0.05) is 36.5 Å². The molecule has 1 aromatic heterocycles. The third-order valence-corrected chi connectivity index (χ3v) is 3.91. The van der Waals surface area contributed by atoms with Crippen LogP contribution in [0.2, 0.25) is 0 Å². The Balaban J connectivity index is 2.37. The van der Waals surface area contributed by atoms with Gasteiger partial charge < -0.3 is 10.0 Å². The minimum atomic E-state index is -0.902. The molecule has 88 valence electrons. The topological polar surface area (TPSA) is 57.6 Å². The average Bonchev–Trinajstić information content (AvgIpc) is 2.66. The molecular formula is C10H13NO3S2. The lowest BCUT2D eigenvalue weighted by molar-refractivity contribution is -0.128. The summed E-state index contributed by atoms with van der Waals surface area (Å²) in [5.74, 6) is -0.144. The molecule has 0 aromatic carbocycles. The molecule has 0 saturated heterocycles. The lowest BCUT2D eigenvalue weighted by Crippen LogP contribution is -2.21. The molecule has 0 fully saturated rings. The van der Waals surface area contributed by atoms with Gasteiger partial charge in [-0.05, 0) is 6.07 Å². The fourth-order valence-electron chi connectivity index (χ4n) is 0.986. The average molecular weight is 259 g/mol. The quantitative estimate of drug-likeness (QED) is 0.822. The van der Waals surface area contributed by atoms with Crippen LogP contribution in [0.4, 0.5) is 0 Å². The molecule has 1 rings (SSSR count). The Morgan fingerprint density at radius 3 is 2.69 bits per heavy atom. The third kappa shape index (κ3) is 3.86. The van der Waals surface area contributed by atoms with Crippen molar-refractivity contribution in [3.8, 4) is 0 Å². The van der Waals surface area contributed by atoms with E-state index in [2.05, 4.69) is 0 Å². The van der Waals surface area contributed by atoms with Gasteiger partial charge in [-0.2, -0.15) is 0 Å². The lowest BCUT2D eigenvalue weighted by atomic mass is 10.4. The smallest absolute Gasteiger partial charge is 0.345 e. The highest BCUT2D eigenvalue weighted by atomic mass is 32.2. The normalized spacial score (nSPS) is 10.1. The second-order valence-corrected chi connectivity index (χ2v) is 5.42. The summed E-state index contributed by atoms with van der Waals surface area (Å²) in [6, 6.07) is 1.64. The number of thiophene rings is 1. The van der Waals surface area contributed by atoms with Gasteiger partial charge in [0.2, 0.25) is 5.91 Å². The maximum atomic E-state index is 11.3. The van der Waals surface area contributed by atoms with E-state index in [1.807, 2.05) is 0 Å². The molecule has 1 N–H and O–H groups in total. The molecule has 0 aliphatic rings. The second-order valence-electron chi connectivity index (χ2n) is 3.34. The summed E-state index contributed by atoms with van der Waals surface area (Å²) in [5.41, 5.74) is 0. The molecule has 16 heavy (non-hydrogen) atoms. The first-order valence-corrected chi connectivity index (χ1v) is 6.52. The molecule has 1 heterocycles. The van der Waals surface area contributed by atoms with E-state index in [1.165, 1.54) is 23.1 Å². The fourth-order valence-corrected chi connectivity index (χ4v) is 2.80. The van der Waals surface area contributed by atoms with Crippen LogP contribution in [0.5, 0.6) is 0 Å². The minimum Gasteiger partial charge on any atom is -0.477 e. The van der Waals surface area contributed by atoms with E-state index in [0.717, 1.165) is 4.90 Å². The molecule has 0 saturated carbocycles. The van der Waals surface area contributed by atoms with Gasteiger partial charge in [-0.1, -0.05) is 0 Å². The standard InChI is InChI=1S/C10H13NO3S2/c1-11(2)9(12)3-4-15-7-5-8(10(13)14)16-6-7/h5-6H,3-4H2,1-2H3,(H,13,14). The van der Waals surface area contributed by atoms with Gasteiger partial charge in [0.05, 0.1) is 0 Å². The number of hydrogen-bond acceptors (Lipinski definition) is 4. The van der Waals surface area contributed by atoms with Crippen LogP contribution < -0.4 is 0 Å². The summed E-state index contributed by atoms with van der Waals surface area (Å²) in [6.07, 6.45) is 0.468. The van der Waals surface area contributed by atoms with Crippen LogP contribution in [0.15, 0.2) is 16.3 Å². The maximum Gasteiger partial charge on any atom is 0.345 e. The van der Waals surface area contributed by atoms with Crippen LogP contribution in [0.3, 0.4) is 0 Å². The minimum absolute atomic E-state index is 0.0844. The van der Waals surface area contributed by atoms with Crippen LogP contribution >= 0.6 is 23.1 Å². The van der Waals surface area contributed by atoms with E-state index >= 15 is 0 Å². The Hall–Kier alpha value is -1.01. The number of nitrogens with zero attached hydrogens (tertiary/aromatic N) is 1. The summed E-state index contributed by atoms with van der Waals surface area (Å²) in [7, 11) is 3.44. The molecule has 0 aliphatic carbocycles. The first-order chi connectivity index (χ1) is 7.50. The molecule has 4 nitrogen and oxygen atoms in total. The number of amides is 1. The summed E-state index contributed by atoms with van der Waals surface area (Å²) < 4.78 is 0. The molecule has 0 radical (unpaired) electrons. The van der Waals surface area contributed by atoms with Crippen molar-refractivity contribution >= 4 is 35.0 Å². The van der Waals surface area contributed by atoms with Gasteiger partial charge >= 0.3 is 5.97 Å². The van der Waals surface area contributed by atoms with Gasteiger partial charge in [-0.3, -0.25) is 4.79 Å². The van der Waals surface area contributed by atoms with Crippen molar-refractivity contribution in [1.82, 2.24) is 4.90 Å². The van der Waals surface area contributed by atoms with E-state index in [0.29, 0.717) is 17.1 Å². The highest BCUT2D eigenvalue weighted by molar-refractivity contribution is 7.99. The number of carboxylic acids is 1. The van der Waals surface area contributed by atoms with Gasteiger partial charge in [-0.25, -0.2) is 4.79 Å². The van der Waals surface area contributed by atoms with Gasteiger partial charge in [0.1, 0.15) is 4.88 Å². The molecule has 1 amide bonds. The van der Waals surface area contributed by atoms with Crippen molar-refractivity contribution in [1.29, 1.82) is 0 Å². The van der Waals surface area contributed by atoms with Gasteiger partial charge in [0.15, 0.2) is 0 Å². The Kier molecular flexibility index (Phi) is 4.82. The summed E-state index contributed by atoms with van der Waals surface area (Å²) in [5, 5.41) is 10.5. The van der Waals surface area contributed by atoms with E-state index < -0.39 is 5.97 Å².